The summed E-state index contributed by atoms with van der Waals surface area (Å²) in [6, 6.07) is 5.62. The maximum absolute atomic E-state index is 12.4. The molecule has 0 aliphatic heterocycles. The van der Waals surface area contributed by atoms with Crippen molar-refractivity contribution >= 4 is 51.4 Å². The number of ether oxygens (including phenoxy) is 7. The number of nitrogens with two attached hydrogens (primary N) is 2. The highest BCUT2D eigenvalue weighted by Gasteiger charge is 2.18. The van der Waals surface area contributed by atoms with Crippen molar-refractivity contribution in [3.05, 3.63) is 24.5 Å². The second-order valence-electron chi connectivity index (χ2n) is 14.4. The van der Waals surface area contributed by atoms with E-state index in [0.717, 1.165) is 24.8 Å². The molecule has 0 aliphatic carbocycles. The van der Waals surface area contributed by atoms with Crippen LogP contribution in [0.5, 0.6) is 0 Å². The number of terminal acetylenes is 1. The number of unbranched alkanes of at least 4 members (excludes halogenated alkanes) is 3. The van der Waals surface area contributed by atoms with E-state index in [2.05, 4.69) is 26.2 Å². The molecule has 0 bridgehead atoms. The van der Waals surface area contributed by atoms with Crippen molar-refractivity contribution in [3.63, 3.8) is 0 Å². The highest BCUT2D eigenvalue weighted by Crippen LogP contribution is 2.32. The molecular formula is C44H64N8O11. The zero-order valence-electron chi connectivity index (χ0n) is 36.4. The van der Waals surface area contributed by atoms with E-state index < -0.39 is 0 Å². The molecule has 0 saturated carbocycles. The topological polar surface area (TPSA) is 250 Å². The van der Waals surface area contributed by atoms with Crippen molar-refractivity contribution in [3.8, 4) is 23.6 Å². The fourth-order valence-corrected chi connectivity index (χ4v) is 6.24. The highest BCUT2D eigenvalue weighted by atomic mass is 16.6. The number of nitrogen functional groups attached to an aromatic ring is 2. The maximum atomic E-state index is 12.4. The number of nitrogens with zero attached hydrogens (tertiary/aromatic N) is 5. The van der Waals surface area contributed by atoms with Crippen LogP contribution in [-0.4, -0.2) is 141 Å². The molecule has 346 valence electrons. The Bertz CT molecular complexity index is 1980. The van der Waals surface area contributed by atoms with Crippen molar-refractivity contribution in [1.29, 1.82) is 0 Å². The van der Waals surface area contributed by atoms with E-state index in [4.69, 9.17) is 60.6 Å². The number of nitrogens with one attached hydrogen (secondary N) is 1. The molecule has 5 N–H and O–H groups in total. The maximum Gasteiger partial charge on any atom is 0.292 e. The average Bonchev–Trinajstić information content (AvgIpc) is 3.85. The molecule has 19 nitrogen and oxygen atoms in total. The van der Waals surface area contributed by atoms with Gasteiger partial charge in [0.2, 0.25) is 5.91 Å². The Morgan fingerprint density at radius 1 is 0.683 bits per heavy atom. The summed E-state index contributed by atoms with van der Waals surface area (Å²) in [7, 11) is 0. The molecule has 3 aromatic heterocycles. The van der Waals surface area contributed by atoms with Crippen LogP contribution in [-0.2, 0) is 54.1 Å². The van der Waals surface area contributed by atoms with Crippen molar-refractivity contribution in [1.82, 2.24) is 30.0 Å². The number of anilines is 2. The van der Waals surface area contributed by atoms with Gasteiger partial charge in [-0.25, -0.2) is 14.6 Å². The smallest absolute Gasteiger partial charge is 0.292 e. The number of hydrogen-bond donors (Lipinski definition) is 3. The summed E-state index contributed by atoms with van der Waals surface area (Å²) in [5, 5.41) is 8.26. The van der Waals surface area contributed by atoms with Gasteiger partial charge in [0.25, 0.3) is 6.01 Å². The van der Waals surface area contributed by atoms with Crippen LogP contribution >= 0.6 is 0 Å². The summed E-state index contributed by atoms with van der Waals surface area (Å²) in [6.07, 6.45) is 13.1. The summed E-state index contributed by atoms with van der Waals surface area (Å²) < 4.78 is 45.7. The third kappa shape index (κ3) is 20.3. The van der Waals surface area contributed by atoms with E-state index in [1.165, 1.54) is 6.33 Å². The number of carbonyl (C=O) groups is 3. The van der Waals surface area contributed by atoms with E-state index in [1.807, 2.05) is 16.8 Å². The molecule has 4 rings (SSSR count). The number of aryl methyl sites for hydroxylation is 1. The fourth-order valence-electron chi connectivity index (χ4n) is 6.24. The van der Waals surface area contributed by atoms with Gasteiger partial charge in [-0.1, -0.05) is 6.42 Å². The minimum atomic E-state index is -0.0246. The lowest BCUT2D eigenvalue weighted by atomic mass is 10.1. The van der Waals surface area contributed by atoms with Crippen LogP contribution in [0.1, 0.15) is 70.6 Å². The molecule has 1 aromatic carbocycles. The molecule has 1 amide bonds. The van der Waals surface area contributed by atoms with Gasteiger partial charge in [0.15, 0.2) is 11.2 Å². The lowest BCUT2D eigenvalue weighted by molar-refractivity contribution is -0.122. The zero-order chi connectivity index (χ0) is 44.7. The van der Waals surface area contributed by atoms with Crippen LogP contribution in [0.15, 0.2) is 28.9 Å². The van der Waals surface area contributed by atoms with E-state index in [0.29, 0.717) is 191 Å². The summed E-state index contributed by atoms with van der Waals surface area (Å²) in [5.41, 5.74) is 15.3. The summed E-state index contributed by atoms with van der Waals surface area (Å²) in [5.74, 6) is 3.13. The minimum absolute atomic E-state index is 0.0246. The summed E-state index contributed by atoms with van der Waals surface area (Å²) in [4.78, 5) is 48.8. The molecule has 0 aliphatic rings. The largest absolute Gasteiger partial charge is 0.424 e. The van der Waals surface area contributed by atoms with E-state index in [1.54, 1.807) is 6.07 Å². The molecule has 0 unspecified atom stereocenters. The molecule has 4 aromatic rings. The van der Waals surface area contributed by atoms with Gasteiger partial charge in [-0.3, -0.25) is 14.4 Å². The first kappa shape index (κ1) is 50.6. The Hall–Kier alpha value is -5.07. The third-order valence-corrected chi connectivity index (χ3v) is 9.51. The predicted octanol–water partition coefficient (Wildman–Crippen LogP) is 4.09. The van der Waals surface area contributed by atoms with Gasteiger partial charge in [0, 0.05) is 63.8 Å². The van der Waals surface area contributed by atoms with Crippen LogP contribution in [0.25, 0.3) is 33.4 Å². The second kappa shape index (κ2) is 30.9. The molecule has 0 atom stereocenters. The van der Waals surface area contributed by atoms with Gasteiger partial charge >= 0.3 is 0 Å². The Morgan fingerprint density at radius 3 is 1.94 bits per heavy atom. The lowest BCUT2D eigenvalue weighted by Crippen LogP contribution is -2.27. The zero-order valence-corrected chi connectivity index (χ0v) is 36.4. The number of ketones is 2. The lowest BCUT2D eigenvalue weighted by Gasteiger charge is -2.08. The minimum Gasteiger partial charge on any atom is -0.424 e. The van der Waals surface area contributed by atoms with E-state index >= 15 is 0 Å². The molecule has 0 saturated heterocycles. The van der Waals surface area contributed by atoms with Gasteiger partial charge in [0.05, 0.1) is 91.3 Å². The number of oxazole rings is 1. The number of aromatic nitrogens is 5. The Morgan fingerprint density at radius 2 is 1.29 bits per heavy atom. The summed E-state index contributed by atoms with van der Waals surface area (Å²) in [6.45, 7) is 6.93. The molecule has 0 spiro atoms. The first-order valence-electron chi connectivity index (χ1n) is 21.8. The fraction of sp³-hybridized carbons (Fsp3) is 0.614. The number of carbonyl (C=O) groups excluding carboxylic acids is 3. The van der Waals surface area contributed by atoms with Crippen molar-refractivity contribution in [2.75, 3.05) is 111 Å². The van der Waals surface area contributed by atoms with E-state index in [-0.39, 0.29) is 23.5 Å². The number of amides is 1. The molecular weight excluding hydrogens is 817 g/mol. The van der Waals surface area contributed by atoms with E-state index in [9.17, 15) is 14.4 Å². The first-order chi connectivity index (χ1) is 30.9. The van der Waals surface area contributed by atoms with Crippen molar-refractivity contribution < 1.29 is 52.0 Å². The number of fused-ring (bicyclic) bond motifs is 2. The number of benzene rings is 1. The van der Waals surface area contributed by atoms with Crippen LogP contribution in [0, 0.1) is 12.3 Å². The Kier molecular flexibility index (Phi) is 24.8. The number of hydrogen-bond acceptors (Lipinski definition) is 17. The van der Waals surface area contributed by atoms with Gasteiger partial charge in [-0.15, -0.1) is 12.3 Å². The van der Waals surface area contributed by atoms with Crippen molar-refractivity contribution in [2.45, 2.75) is 77.2 Å². The van der Waals surface area contributed by atoms with Crippen molar-refractivity contribution in [2.24, 2.45) is 0 Å². The number of rotatable bonds is 38. The average molecular weight is 881 g/mol. The molecule has 0 radical (unpaired) electrons. The standard InChI is InChI=1S/C44H64N8O11/c1-2-3-5-11-39(55)47-16-21-59-25-29-61-27-23-58-20-15-36(54)10-8-18-56-22-26-60-30-31-62-28-24-57-19-14-35(53)9-6-4-7-17-52-43-40(42(45)48-33-49-43)41(51-52)34-12-13-38-37(32-34)50-44(46)63-38/h1,12-13,32-33H,3-11,14-31H2,(H2,46,50)(H,47,55)(H2,45,48,49). The van der Waals surface area contributed by atoms with Crippen LogP contribution in [0.2, 0.25) is 0 Å². The van der Waals surface area contributed by atoms with Gasteiger partial charge in [-0.2, -0.15) is 10.1 Å². The second-order valence-corrected chi connectivity index (χ2v) is 14.4. The number of Topliss-reactive ketones (excluding diaryl/α,β-unsaturated/α-hetero) is 2. The van der Waals surface area contributed by atoms with Crippen LogP contribution in [0.3, 0.4) is 0 Å². The Balaban J connectivity index is 0.867. The van der Waals surface area contributed by atoms with Crippen LogP contribution < -0.4 is 16.8 Å². The monoisotopic (exact) mass is 880 g/mol. The molecule has 19 heteroatoms. The van der Waals surface area contributed by atoms with Gasteiger partial charge in [0.1, 0.15) is 34.9 Å². The normalized spacial score (nSPS) is 11.4. The molecule has 0 fully saturated rings. The quantitative estimate of drug-likeness (QED) is 0.0423. The Labute approximate surface area is 368 Å². The SMILES string of the molecule is C#CCCCC(=O)NCCOCCOCCOCCC(=O)CCCOCCOCCOCCOCCC(=O)CCCCCn1nc(-c2ccc3oc(N)nc3c2)c2c(N)ncnc21. The summed E-state index contributed by atoms with van der Waals surface area (Å²) >= 11 is 0. The first-order valence-corrected chi connectivity index (χ1v) is 21.8. The van der Waals surface area contributed by atoms with Gasteiger partial charge < -0.3 is 54.4 Å². The highest BCUT2D eigenvalue weighted by molar-refractivity contribution is 5.99. The third-order valence-electron chi connectivity index (χ3n) is 9.51. The predicted molar refractivity (Wildman–Crippen MR) is 236 cm³/mol. The van der Waals surface area contributed by atoms with Crippen LogP contribution in [0.4, 0.5) is 11.8 Å². The molecule has 3 heterocycles. The van der Waals surface area contributed by atoms with Gasteiger partial charge in [-0.05, 0) is 43.9 Å². The molecule has 63 heavy (non-hydrogen) atoms.